The predicted molar refractivity (Wildman–Crippen MR) is 285 cm³/mol. The number of hydrogen-bond donors (Lipinski definition) is 0. The summed E-state index contributed by atoms with van der Waals surface area (Å²) in [6.45, 7) is 13.4. The van der Waals surface area contributed by atoms with Gasteiger partial charge in [0.15, 0.2) is 0 Å². The molecule has 0 aromatic rings. The van der Waals surface area contributed by atoms with E-state index in [1.165, 1.54) is 186 Å². The molecule has 0 saturated heterocycles. The number of ether oxygens (including phenoxy) is 2. The van der Waals surface area contributed by atoms with Crippen LogP contribution in [-0.2, 0) is 23.9 Å². The van der Waals surface area contributed by atoms with Crippen molar-refractivity contribution in [1.82, 2.24) is 4.90 Å². The summed E-state index contributed by atoms with van der Waals surface area (Å²) in [5, 5.41) is 0.960. The number of carbonyl (C=O) groups is 3. The SMILES string of the molecule is CCCCCCCCCCN(C(=O)CCCCBr)C(CCCCCCCCC(=O)OCC(CCCC)CCCCCC)CCCCCCCCC(=O)OCC(CCCC)CCCCCC. The van der Waals surface area contributed by atoms with Crippen LogP contribution in [0.15, 0.2) is 0 Å². The molecule has 0 N–H and O–H groups in total. The number of rotatable bonds is 52. The van der Waals surface area contributed by atoms with Gasteiger partial charge in [0.2, 0.25) is 5.91 Å². The number of hydrogen-bond acceptors (Lipinski definition) is 5. The molecular weight excluding hydrogens is 871 g/mol. The van der Waals surface area contributed by atoms with Gasteiger partial charge in [-0.3, -0.25) is 14.4 Å². The van der Waals surface area contributed by atoms with Crippen molar-refractivity contribution in [3.05, 3.63) is 0 Å². The van der Waals surface area contributed by atoms with Gasteiger partial charge in [-0.2, -0.15) is 0 Å². The molecule has 0 heterocycles. The van der Waals surface area contributed by atoms with E-state index in [1.54, 1.807) is 0 Å². The second kappa shape index (κ2) is 50.8. The number of alkyl halides is 1. The zero-order valence-electron chi connectivity index (χ0n) is 44.3. The minimum atomic E-state index is -0.00477. The second-order valence-corrected chi connectivity index (χ2v) is 21.1. The van der Waals surface area contributed by atoms with Gasteiger partial charge in [0.25, 0.3) is 0 Å². The van der Waals surface area contributed by atoms with Gasteiger partial charge in [0, 0.05) is 37.2 Å². The topological polar surface area (TPSA) is 72.9 Å². The third kappa shape index (κ3) is 42.7. The first-order valence-corrected chi connectivity index (χ1v) is 30.1. The molecule has 0 aliphatic carbocycles. The second-order valence-electron chi connectivity index (χ2n) is 20.3. The van der Waals surface area contributed by atoms with Gasteiger partial charge in [-0.1, -0.05) is 237 Å². The van der Waals surface area contributed by atoms with Gasteiger partial charge in [0.1, 0.15) is 0 Å². The highest BCUT2D eigenvalue weighted by molar-refractivity contribution is 9.09. The Bertz CT molecular complexity index is 968. The fourth-order valence-corrected chi connectivity index (χ4v) is 9.90. The molecule has 0 aliphatic rings. The molecule has 1 amide bonds. The van der Waals surface area contributed by atoms with Crippen LogP contribution in [0.4, 0.5) is 0 Å². The lowest BCUT2D eigenvalue weighted by atomic mass is 9.96. The average Bonchev–Trinajstić information content (AvgIpc) is 3.31. The zero-order chi connectivity index (χ0) is 47.7. The molecule has 7 heteroatoms. The van der Waals surface area contributed by atoms with Crippen LogP contribution in [-0.4, -0.2) is 53.9 Å². The molecule has 2 atom stereocenters. The minimum absolute atomic E-state index is 0.00477. The molecule has 65 heavy (non-hydrogen) atoms. The van der Waals surface area contributed by atoms with Crippen LogP contribution < -0.4 is 0 Å². The van der Waals surface area contributed by atoms with Gasteiger partial charge in [0.05, 0.1) is 13.2 Å². The number of unbranched alkanes of at least 4 members (excludes halogenated alkanes) is 26. The first-order valence-electron chi connectivity index (χ1n) is 29.0. The molecule has 0 aliphatic heterocycles. The smallest absolute Gasteiger partial charge is 0.305 e. The average molecular weight is 983 g/mol. The maximum atomic E-state index is 13.9. The van der Waals surface area contributed by atoms with Crippen LogP contribution in [0, 0.1) is 11.8 Å². The fraction of sp³-hybridized carbons (Fsp3) is 0.948. The maximum Gasteiger partial charge on any atom is 0.305 e. The van der Waals surface area contributed by atoms with Crippen LogP contribution in [0.1, 0.15) is 311 Å². The van der Waals surface area contributed by atoms with Crippen molar-refractivity contribution in [3.8, 4) is 0 Å². The Morgan fingerprint density at radius 1 is 0.369 bits per heavy atom. The molecule has 6 nitrogen and oxygen atoms in total. The Kier molecular flexibility index (Phi) is 49.9. The van der Waals surface area contributed by atoms with Gasteiger partial charge in [-0.25, -0.2) is 0 Å². The molecule has 0 rings (SSSR count). The molecule has 0 aromatic carbocycles. The Morgan fingerprint density at radius 2 is 0.692 bits per heavy atom. The van der Waals surface area contributed by atoms with E-state index in [2.05, 4.69) is 55.4 Å². The predicted octanol–water partition coefficient (Wildman–Crippen LogP) is 18.8. The van der Waals surface area contributed by atoms with E-state index in [9.17, 15) is 14.4 Å². The van der Waals surface area contributed by atoms with Crippen molar-refractivity contribution >= 4 is 33.8 Å². The summed E-state index contributed by atoms with van der Waals surface area (Å²) in [5.41, 5.74) is 0. The summed E-state index contributed by atoms with van der Waals surface area (Å²) >= 11 is 3.58. The highest BCUT2D eigenvalue weighted by Gasteiger charge is 2.23. The van der Waals surface area contributed by atoms with Crippen LogP contribution in [0.2, 0.25) is 0 Å². The summed E-state index contributed by atoms with van der Waals surface area (Å²) in [5.74, 6) is 1.41. The van der Waals surface area contributed by atoms with Crippen molar-refractivity contribution in [3.63, 3.8) is 0 Å². The Balaban J connectivity index is 4.98. The minimum Gasteiger partial charge on any atom is -0.465 e. The summed E-state index contributed by atoms with van der Waals surface area (Å²) in [4.78, 5) is 41.4. The quantitative estimate of drug-likeness (QED) is 0.0345. The summed E-state index contributed by atoms with van der Waals surface area (Å²) < 4.78 is 11.6. The first kappa shape index (κ1) is 63.9. The van der Waals surface area contributed by atoms with Crippen molar-refractivity contribution in [1.29, 1.82) is 0 Å². The fourth-order valence-electron chi connectivity index (χ4n) is 9.50. The van der Waals surface area contributed by atoms with Gasteiger partial charge in [-0.15, -0.1) is 0 Å². The number of halogens is 1. The first-order chi connectivity index (χ1) is 31.9. The van der Waals surface area contributed by atoms with E-state index >= 15 is 0 Å². The molecule has 0 fully saturated rings. The number of nitrogens with zero attached hydrogens (tertiary/aromatic N) is 1. The van der Waals surface area contributed by atoms with E-state index in [0.717, 1.165) is 82.5 Å². The summed E-state index contributed by atoms with van der Waals surface area (Å²) in [7, 11) is 0. The largest absolute Gasteiger partial charge is 0.465 e. The van der Waals surface area contributed by atoms with Crippen molar-refractivity contribution in [2.24, 2.45) is 11.8 Å². The highest BCUT2D eigenvalue weighted by Crippen LogP contribution is 2.24. The summed E-state index contributed by atoms with van der Waals surface area (Å²) in [6, 6.07) is 0.334. The number of amides is 1. The molecular formula is C58H112BrNO5. The molecule has 2 unspecified atom stereocenters. The van der Waals surface area contributed by atoms with Gasteiger partial charge >= 0.3 is 11.9 Å². The Labute approximate surface area is 414 Å². The number of esters is 2. The third-order valence-corrected chi connectivity index (χ3v) is 14.5. The van der Waals surface area contributed by atoms with E-state index in [4.69, 9.17) is 9.47 Å². The molecule has 0 bridgehead atoms. The molecule has 0 radical (unpaired) electrons. The monoisotopic (exact) mass is 982 g/mol. The number of carbonyl (C=O) groups excluding carboxylic acids is 3. The lowest BCUT2D eigenvalue weighted by molar-refractivity contribution is -0.146. The van der Waals surface area contributed by atoms with E-state index in [0.29, 0.717) is 56.3 Å². The van der Waals surface area contributed by atoms with Crippen molar-refractivity contribution in [2.45, 2.75) is 317 Å². The molecule has 386 valence electrons. The summed E-state index contributed by atoms with van der Waals surface area (Å²) in [6.07, 6.45) is 49.6. The van der Waals surface area contributed by atoms with E-state index < -0.39 is 0 Å². The van der Waals surface area contributed by atoms with Crippen LogP contribution in [0.5, 0.6) is 0 Å². The van der Waals surface area contributed by atoms with Crippen molar-refractivity contribution in [2.75, 3.05) is 25.1 Å². The van der Waals surface area contributed by atoms with Crippen LogP contribution in [0.3, 0.4) is 0 Å². The third-order valence-electron chi connectivity index (χ3n) is 13.9. The Hall–Kier alpha value is -1.11. The molecule has 0 spiro atoms. The lowest BCUT2D eigenvalue weighted by Gasteiger charge is -2.33. The van der Waals surface area contributed by atoms with Crippen LogP contribution >= 0.6 is 15.9 Å². The molecule has 0 saturated carbocycles. The highest BCUT2D eigenvalue weighted by atomic mass is 79.9. The van der Waals surface area contributed by atoms with Crippen LogP contribution in [0.25, 0.3) is 0 Å². The molecule has 0 aromatic heterocycles. The van der Waals surface area contributed by atoms with Gasteiger partial charge < -0.3 is 14.4 Å². The standard InChI is InChI=1S/C58H112BrNO5/c1-6-11-16-19-20-25-30-39-50-60(56(61)46-37-38-49-59)55(44-33-26-21-23-28-35-47-57(62)64-51-53(40-14-9-4)42-31-17-12-7-2)45-34-27-22-24-29-36-48-58(63)65-52-54(41-15-10-5)43-32-18-13-8-3/h53-55H,6-52H2,1-5H3. The van der Waals surface area contributed by atoms with E-state index in [1.807, 2.05) is 0 Å². The zero-order valence-corrected chi connectivity index (χ0v) is 45.9. The maximum absolute atomic E-state index is 13.9. The van der Waals surface area contributed by atoms with Crippen molar-refractivity contribution < 1.29 is 23.9 Å². The Morgan fingerprint density at radius 3 is 1.11 bits per heavy atom. The van der Waals surface area contributed by atoms with E-state index in [-0.39, 0.29) is 11.9 Å². The lowest BCUT2D eigenvalue weighted by Crippen LogP contribution is -2.41. The normalized spacial score (nSPS) is 12.9. The van der Waals surface area contributed by atoms with Gasteiger partial charge in [-0.05, 0) is 82.5 Å².